The Bertz CT molecular complexity index is 941. The molecule has 0 radical (unpaired) electrons. The predicted molar refractivity (Wildman–Crippen MR) is 137 cm³/mol. The van der Waals surface area contributed by atoms with Crippen molar-refractivity contribution in [2.45, 2.75) is 51.8 Å². The quantitative estimate of drug-likeness (QED) is 0.354. The number of carboxylic acid groups (broad SMARTS) is 1. The SMILES string of the molecule is CCO[C@@H](c1ccc([C@@H](CC)CC(=O)O)cc1NC(=O)Nc1ccc(C)cc1)C(F)(F)F.S.S. The first-order valence-corrected chi connectivity index (χ1v) is 10.2. The largest absolute Gasteiger partial charge is 0.481 e. The minimum absolute atomic E-state index is 0. The molecular weight excluding hydrogens is 489 g/mol. The molecule has 2 rings (SSSR count). The van der Waals surface area contributed by atoms with E-state index >= 15 is 0 Å². The molecule has 2 aromatic carbocycles. The molecule has 2 amide bonds. The number of nitrogens with one attached hydrogen (secondary N) is 2. The third kappa shape index (κ3) is 9.11. The zero-order valence-electron chi connectivity index (χ0n) is 19.1. The minimum atomic E-state index is -4.70. The summed E-state index contributed by atoms with van der Waals surface area (Å²) in [4.78, 5) is 23.7. The molecule has 190 valence electrons. The van der Waals surface area contributed by atoms with Gasteiger partial charge in [-0.2, -0.15) is 40.2 Å². The van der Waals surface area contributed by atoms with Crippen LogP contribution in [0.4, 0.5) is 29.3 Å². The van der Waals surface area contributed by atoms with Crippen molar-refractivity contribution in [2.24, 2.45) is 0 Å². The van der Waals surface area contributed by atoms with Crippen LogP contribution in [0.3, 0.4) is 0 Å². The van der Waals surface area contributed by atoms with Crippen molar-refractivity contribution in [3.8, 4) is 0 Å². The maximum absolute atomic E-state index is 13.7. The summed E-state index contributed by atoms with van der Waals surface area (Å²) < 4.78 is 45.9. The number of anilines is 2. The molecule has 0 heterocycles. The lowest BCUT2D eigenvalue weighted by molar-refractivity contribution is -0.222. The van der Waals surface area contributed by atoms with Gasteiger partial charge in [0.15, 0.2) is 6.10 Å². The van der Waals surface area contributed by atoms with Crippen LogP contribution < -0.4 is 10.6 Å². The Morgan fingerprint density at radius 1 is 1.03 bits per heavy atom. The lowest BCUT2D eigenvalue weighted by Crippen LogP contribution is -2.27. The number of ether oxygens (including phenoxy) is 1. The number of aryl methyl sites for hydroxylation is 1. The average molecular weight is 521 g/mol. The van der Waals surface area contributed by atoms with Gasteiger partial charge >= 0.3 is 18.2 Å². The van der Waals surface area contributed by atoms with Gasteiger partial charge in [-0.05, 0) is 49.9 Å². The van der Waals surface area contributed by atoms with Crippen LogP contribution in [0.2, 0.25) is 0 Å². The second-order valence-electron chi connectivity index (χ2n) is 7.37. The van der Waals surface area contributed by atoms with Crippen LogP contribution in [0, 0.1) is 6.92 Å². The van der Waals surface area contributed by atoms with Gasteiger partial charge in [-0.25, -0.2) is 4.79 Å². The van der Waals surface area contributed by atoms with E-state index < -0.39 is 30.2 Å². The molecule has 0 aliphatic rings. The highest BCUT2D eigenvalue weighted by atomic mass is 32.1. The molecule has 0 bridgehead atoms. The molecule has 0 fully saturated rings. The standard InChI is InChI=1S/C23H27F3N2O4.2H2S/c1-4-15(13-20(29)30)16-8-11-18(21(32-5-2)23(24,25)26)19(12-16)28-22(31)27-17-9-6-14(3)7-10-17;;/h6-12,15,21H,4-5,13H2,1-3H3,(H,29,30)(H2,27,28,31);2*1H2/t15-,21-;;/m0../s1. The summed E-state index contributed by atoms with van der Waals surface area (Å²) in [6, 6.07) is 10.3. The molecule has 6 nitrogen and oxygen atoms in total. The van der Waals surface area contributed by atoms with E-state index in [9.17, 15) is 22.8 Å². The number of benzene rings is 2. The number of alkyl halides is 3. The van der Waals surface area contributed by atoms with Crippen LogP contribution in [0.5, 0.6) is 0 Å². The van der Waals surface area contributed by atoms with E-state index in [0.29, 0.717) is 17.7 Å². The number of aliphatic carboxylic acids is 1. The van der Waals surface area contributed by atoms with E-state index in [1.165, 1.54) is 25.1 Å². The number of rotatable bonds is 9. The van der Waals surface area contributed by atoms with Crippen molar-refractivity contribution >= 4 is 50.4 Å². The molecule has 0 aliphatic carbocycles. The molecule has 2 atom stereocenters. The van der Waals surface area contributed by atoms with Crippen LogP contribution in [-0.4, -0.2) is 29.9 Å². The number of halogens is 3. The summed E-state index contributed by atoms with van der Waals surface area (Å²) >= 11 is 0. The molecule has 3 N–H and O–H groups in total. The summed E-state index contributed by atoms with van der Waals surface area (Å²) in [5, 5.41) is 14.2. The van der Waals surface area contributed by atoms with Crippen LogP contribution in [0.25, 0.3) is 0 Å². The third-order valence-corrected chi connectivity index (χ3v) is 4.93. The van der Waals surface area contributed by atoms with Gasteiger partial charge in [0.1, 0.15) is 0 Å². The van der Waals surface area contributed by atoms with Crippen molar-refractivity contribution in [1.82, 2.24) is 0 Å². The molecule has 2 aromatic rings. The second-order valence-corrected chi connectivity index (χ2v) is 7.37. The lowest BCUT2D eigenvalue weighted by Gasteiger charge is -2.25. The number of hydrogen-bond donors (Lipinski definition) is 3. The van der Waals surface area contributed by atoms with Crippen LogP contribution in [0.15, 0.2) is 42.5 Å². The highest BCUT2D eigenvalue weighted by molar-refractivity contribution is 7.59. The molecule has 11 heteroatoms. The van der Waals surface area contributed by atoms with Gasteiger partial charge in [0.05, 0.1) is 6.42 Å². The Labute approximate surface area is 211 Å². The monoisotopic (exact) mass is 520 g/mol. The number of carbonyl (C=O) groups is 2. The Kier molecular flexibility index (Phi) is 13.1. The predicted octanol–water partition coefficient (Wildman–Crippen LogP) is 6.47. The molecule has 0 unspecified atom stereocenters. The van der Waals surface area contributed by atoms with Crippen LogP contribution in [-0.2, 0) is 9.53 Å². The fourth-order valence-corrected chi connectivity index (χ4v) is 3.32. The molecule has 0 saturated heterocycles. The van der Waals surface area contributed by atoms with E-state index in [0.717, 1.165) is 5.56 Å². The van der Waals surface area contributed by atoms with Gasteiger partial charge in [-0.3, -0.25) is 4.79 Å². The van der Waals surface area contributed by atoms with Gasteiger partial charge in [0.25, 0.3) is 0 Å². The highest BCUT2D eigenvalue weighted by Crippen LogP contribution is 2.40. The van der Waals surface area contributed by atoms with Gasteiger partial charge in [-0.1, -0.05) is 36.8 Å². The van der Waals surface area contributed by atoms with E-state index in [1.54, 1.807) is 31.2 Å². The van der Waals surface area contributed by atoms with Crippen molar-refractivity contribution in [2.75, 3.05) is 17.2 Å². The third-order valence-electron chi connectivity index (χ3n) is 4.93. The summed E-state index contributed by atoms with van der Waals surface area (Å²) in [6.07, 6.45) is -6.66. The molecular formula is C23H31F3N2O4S2. The lowest BCUT2D eigenvalue weighted by atomic mass is 9.91. The van der Waals surface area contributed by atoms with Crippen molar-refractivity contribution in [3.05, 3.63) is 59.2 Å². The average Bonchev–Trinajstić information content (AvgIpc) is 2.71. The van der Waals surface area contributed by atoms with Gasteiger partial charge in [-0.15, -0.1) is 0 Å². The molecule has 34 heavy (non-hydrogen) atoms. The number of amides is 2. The van der Waals surface area contributed by atoms with Gasteiger partial charge in [0.2, 0.25) is 0 Å². The number of carboxylic acids is 1. The van der Waals surface area contributed by atoms with Gasteiger partial charge in [0, 0.05) is 23.5 Å². The van der Waals surface area contributed by atoms with Crippen molar-refractivity contribution in [3.63, 3.8) is 0 Å². The second kappa shape index (κ2) is 14.1. The highest BCUT2D eigenvalue weighted by Gasteiger charge is 2.43. The fourth-order valence-electron chi connectivity index (χ4n) is 3.32. The normalized spacial score (nSPS) is 12.5. The first-order valence-electron chi connectivity index (χ1n) is 10.2. The molecule has 0 saturated carbocycles. The van der Waals surface area contributed by atoms with E-state index in [1.807, 2.05) is 6.92 Å². The zero-order valence-corrected chi connectivity index (χ0v) is 21.1. The van der Waals surface area contributed by atoms with Crippen molar-refractivity contribution in [1.29, 1.82) is 0 Å². The summed E-state index contributed by atoms with van der Waals surface area (Å²) in [5.41, 5.74) is 1.63. The van der Waals surface area contributed by atoms with Crippen LogP contribution in [0.1, 0.15) is 55.4 Å². The van der Waals surface area contributed by atoms with Crippen molar-refractivity contribution < 1.29 is 32.6 Å². The maximum atomic E-state index is 13.7. The Morgan fingerprint density at radius 2 is 1.65 bits per heavy atom. The smallest absolute Gasteiger partial charge is 0.418 e. The summed E-state index contributed by atoms with van der Waals surface area (Å²) in [5.74, 6) is -1.44. The molecule has 0 spiro atoms. The summed E-state index contributed by atoms with van der Waals surface area (Å²) in [6.45, 7) is 4.94. The molecule has 0 aromatic heterocycles. The van der Waals surface area contributed by atoms with E-state index in [4.69, 9.17) is 9.84 Å². The fraction of sp³-hybridized carbons (Fsp3) is 0.391. The van der Waals surface area contributed by atoms with E-state index in [-0.39, 0.29) is 51.3 Å². The summed E-state index contributed by atoms with van der Waals surface area (Å²) in [7, 11) is 0. The number of carbonyl (C=O) groups excluding carboxylic acids is 1. The Morgan fingerprint density at radius 3 is 2.15 bits per heavy atom. The Hall–Kier alpha value is -2.37. The van der Waals surface area contributed by atoms with E-state index in [2.05, 4.69) is 10.6 Å². The first-order chi connectivity index (χ1) is 15.0. The first kappa shape index (κ1) is 31.6. The topological polar surface area (TPSA) is 87.7 Å². The number of hydrogen-bond acceptors (Lipinski definition) is 3. The maximum Gasteiger partial charge on any atom is 0.418 e. The van der Waals surface area contributed by atoms with Crippen LogP contribution >= 0.6 is 27.0 Å². The zero-order chi connectivity index (χ0) is 23.9. The minimum Gasteiger partial charge on any atom is -0.481 e. The van der Waals surface area contributed by atoms with Gasteiger partial charge < -0.3 is 20.5 Å². The Balaban J connectivity index is 0.00000544. The number of urea groups is 1. The molecule has 0 aliphatic heterocycles.